The molecular formula is C15H16BrNOS. The van der Waals surface area contributed by atoms with Gasteiger partial charge in [0.05, 0.1) is 11.2 Å². The number of halogens is 1. The standard InChI is InChI=1S/C15H16BrNOS/c1-10-14(6-7-18-10)19-15-5-2-11(8-13(15)16)9-17-12-3-4-12/h2,5-8,12,17H,3-4,9H2,1H3. The molecule has 1 saturated carbocycles. The molecule has 1 heterocycles. The van der Waals surface area contributed by atoms with E-state index in [1.165, 1.54) is 28.2 Å². The molecule has 0 spiro atoms. The number of hydrogen-bond acceptors (Lipinski definition) is 3. The molecule has 0 saturated heterocycles. The smallest absolute Gasteiger partial charge is 0.114 e. The fraction of sp³-hybridized carbons (Fsp3) is 0.333. The van der Waals surface area contributed by atoms with E-state index >= 15 is 0 Å². The van der Waals surface area contributed by atoms with Crippen LogP contribution in [0.2, 0.25) is 0 Å². The molecule has 1 aliphatic rings. The third-order valence-electron chi connectivity index (χ3n) is 3.20. The molecule has 0 atom stereocenters. The van der Waals surface area contributed by atoms with Crippen molar-refractivity contribution in [3.8, 4) is 0 Å². The molecular weight excluding hydrogens is 322 g/mol. The summed E-state index contributed by atoms with van der Waals surface area (Å²) in [5.74, 6) is 0.969. The third-order valence-corrected chi connectivity index (χ3v) is 5.34. The Morgan fingerprint density at radius 1 is 1.32 bits per heavy atom. The predicted molar refractivity (Wildman–Crippen MR) is 81.6 cm³/mol. The Balaban J connectivity index is 1.70. The number of furan rings is 1. The lowest BCUT2D eigenvalue weighted by Crippen LogP contribution is -2.15. The highest BCUT2D eigenvalue weighted by atomic mass is 79.9. The Bertz CT molecular complexity index is 577. The molecule has 0 unspecified atom stereocenters. The number of hydrogen-bond donors (Lipinski definition) is 1. The van der Waals surface area contributed by atoms with Crippen LogP contribution in [0, 0.1) is 6.92 Å². The van der Waals surface area contributed by atoms with E-state index in [-0.39, 0.29) is 0 Å². The van der Waals surface area contributed by atoms with Gasteiger partial charge in [0.15, 0.2) is 0 Å². The Morgan fingerprint density at radius 2 is 2.16 bits per heavy atom. The lowest BCUT2D eigenvalue weighted by molar-refractivity contribution is 0.527. The summed E-state index contributed by atoms with van der Waals surface area (Å²) in [7, 11) is 0. The highest BCUT2D eigenvalue weighted by Gasteiger charge is 2.20. The van der Waals surface area contributed by atoms with Gasteiger partial charge in [-0.2, -0.15) is 0 Å². The van der Waals surface area contributed by atoms with Crippen molar-refractivity contribution < 1.29 is 4.42 Å². The molecule has 4 heteroatoms. The summed E-state index contributed by atoms with van der Waals surface area (Å²) in [5.41, 5.74) is 1.33. The van der Waals surface area contributed by atoms with E-state index in [0.717, 1.165) is 22.8 Å². The Hall–Kier alpha value is -0.710. The van der Waals surface area contributed by atoms with Crippen LogP contribution in [-0.4, -0.2) is 6.04 Å². The van der Waals surface area contributed by atoms with Gasteiger partial charge in [-0.25, -0.2) is 0 Å². The van der Waals surface area contributed by atoms with Gasteiger partial charge < -0.3 is 9.73 Å². The first kappa shape index (κ1) is 13.3. The highest BCUT2D eigenvalue weighted by Crippen LogP contribution is 2.36. The molecule has 2 nitrogen and oxygen atoms in total. The Morgan fingerprint density at radius 3 is 2.79 bits per heavy atom. The quantitative estimate of drug-likeness (QED) is 0.851. The average molecular weight is 338 g/mol. The third kappa shape index (κ3) is 3.44. The molecule has 2 aromatic rings. The van der Waals surface area contributed by atoms with Gasteiger partial charge in [-0.05, 0) is 59.5 Å². The number of rotatable bonds is 5. The lowest BCUT2D eigenvalue weighted by Gasteiger charge is -2.07. The molecule has 1 N–H and O–H groups in total. The molecule has 3 rings (SSSR count). The van der Waals surface area contributed by atoms with Gasteiger partial charge in [0.25, 0.3) is 0 Å². The molecule has 0 bridgehead atoms. The molecule has 19 heavy (non-hydrogen) atoms. The van der Waals surface area contributed by atoms with Gasteiger partial charge in [0.2, 0.25) is 0 Å². The summed E-state index contributed by atoms with van der Waals surface area (Å²) < 4.78 is 6.47. The van der Waals surface area contributed by atoms with Crippen molar-refractivity contribution >= 4 is 27.7 Å². The lowest BCUT2D eigenvalue weighted by atomic mass is 10.2. The van der Waals surface area contributed by atoms with Gasteiger partial charge in [-0.3, -0.25) is 0 Å². The predicted octanol–water partition coefficient (Wildman–Crippen LogP) is 4.75. The number of nitrogens with one attached hydrogen (secondary N) is 1. The molecule has 1 aliphatic carbocycles. The van der Waals surface area contributed by atoms with E-state index in [1.807, 2.05) is 13.0 Å². The molecule has 1 aromatic heterocycles. The molecule has 1 fully saturated rings. The minimum absolute atomic E-state index is 0.751. The van der Waals surface area contributed by atoms with E-state index in [0.29, 0.717) is 0 Å². The molecule has 0 aliphatic heterocycles. The summed E-state index contributed by atoms with van der Waals surface area (Å²) in [6.07, 6.45) is 4.39. The zero-order chi connectivity index (χ0) is 13.2. The first-order valence-electron chi connectivity index (χ1n) is 6.46. The van der Waals surface area contributed by atoms with E-state index < -0.39 is 0 Å². The fourth-order valence-corrected chi connectivity index (χ4v) is 3.40. The minimum Gasteiger partial charge on any atom is -0.468 e. The van der Waals surface area contributed by atoms with E-state index in [4.69, 9.17) is 4.42 Å². The van der Waals surface area contributed by atoms with Gasteiger partial charge in [0, 0.05) is 22.0 Å². The maximum Gasteiger partial charge on any atom is 0.114 e. The van der Waals surface area contributed by atoms with Crippen LogP contribution in [0.4, 0.5) is 0 Å². The Labute approximate surface area is 126 Å². The molecule has 0 radical (unpaired) electrons. The summed E-state index contributed by atoms with van der Waals surface area (Å²) in [5, 5.41) is 3.53. The minimum atomic E-state index is 0.751. The van der Waals surface area contributed by atoms with Crippen LogP contribution in [0.25, 0.3) is 0 Å². The van der Waals surface area contributed by atoms with E-state index in [1.54, 1.807) is 18.0 Å². The van der Waals surface area contributed by atoms with Crippen molar-refractivity contribution in [1.29, 1.82) is 0 Å². The monoisotopic (exact) mass is 337 g/mol. The van der Waals surface area contributed by atoms with Crippen LogP contribution in [0.15, 0.2) is 49.2 Å². The zero-order valence-corrected chi connectivity index (χ0v) is 13.2. The van der Waals surface area contributed by atoms with Crippen LogP contribution in [-0.2, 0) is 6.54 Å². The topological polar surface area (TPSA) is 25.2 Å². The van der Waals surface area contributed by atoms with Gasteiger partial charge in [0.1, 0.15) is 5.76 Å². The van der Waals surface area contributed by atoms with Crippen molar-refractivity contribution in [2.45, 2.75) is 42.1 Å². The molecule has 0 amide bonds. The largest absolute Gasteiger partial charge is 0.468 e. The second kappa shape index (κ2) is 5.73. The summed E-state index contributed by atoms with van der Waals surface area (Å²) in [6, 6.07) is 9.33. The van der Waals surface area contributed by atoms with Crippen LogP contribution in [0.1, 0.15) is 24.2 Å². The maximum absolute atomic E-state index is 5.33. The van der Waals surface area contributed by atoms with Crippen molar-refractivity contribution in [1.82, 2.24) is 5.32 Å². The van der Waals surface area contributed by atoms with Gasteiger partial charge in [-0.1, -0.05) is 17.8 Å². The van der Waals surface area contributed by atoms with Crippen molar-refractivity contribution in [2.24, 2.45) is 0 Å². The van der Waals surface area contributed by atoms with E-state index in [2.05, 4.69) is 39.4 Å². The normalized spacial score (nSPS) is 14.8. The number of benzene rings is 1. The highest BCUT2D eigenvalue weighted by molar-refractivity contribution is 9.10. The van der Waals surface area contributed by atoms with Crippen molar-refractivity contribution in [3.63, 3.8) is 0 Å². The first-order chi connectivity index (χ1) is 9.22. The maximum atomic E-state index is 5.33. The average Bonchev–Trinajstić information content (AvgIpc) is 3.14. The van der Waals surface area contributed by atoms with E-state index in [9.17, 15) is 0 Å². The van der Waals surface area contributed by atoms with Crippen LogP contribution in [0.5, 0.6) is 0 Å². The van der Waals surface area contributed by atoms with Crippen LogP contribution in [0.3, 0.4) is 0 Å². The second-order valence-corrected chi connectivity index (χ2v) is 6.80. The van der Waals surface area contributed by atoms with Gasteiger partial charge >= 0.3 is 0 Å². The summed E-state index contributed by atoms with van der Waals surface area (Å²) in [4.78, 5) is 2.39. The van der Waals surface area contributed by atoms with Crippen LogP contribution < -0.4 is 5.32 Å². The van der Waals surface area contributed by atoms with Gasteiger partial charge in [-0.15, -0.1) is 0 Å². The summed E-state index contributed by atoms with van der Waals surface area (Å²) >= 11 is 5.39. The second-order valence-electron chi connectivity index (χ2n) is 4.86. The van der Waals surface area contributed by atoms with Crippen LogP contribution >= 0.6 is 27.7 Å². The first-order valence-corrected chi connectivity index (χ1v) is 8.07. The number of aryl methyl sites for hydroxylation is 1. The Kier molecular flexibility index (Phi) is 4.01. The fourth-order valence-electron chi connectivity index (χ4n) is 1.88. The summed E-state index contributed by atoms with van der Waals surface area (Å²) in [6.45, 7) is 2.95. The SMILES string of the molecule is Cc1occc1Sc1ccc(CNC2CC2)cc1Br. The molecule has 1 aromatic carbocycles. The van der Waals surface area contributed by atoms with Crippen molar-refractivity contribution in [2.75, 3.05) is 0 Å². The van der Waals surface area contributed by atoms with Crippen molar-refractivity contribution in [3.05, 3.63) is 46.3 Å². The molecule has 100 valence electrons. The zero-order valence-electron chi connectivity index (χ0n) is 10.8.